The van der Waals surface area contributed by atoms with E-state index in [0.717, 1.165) is 5.56 Å². The van der Waals surface area contributed by atoms with E-state index in [1.165, 1.54) is 19.2 Å². The van der Waals surface area contributed by atoms with Crippen LogP contribution in [0.5, 0.6) is 11.5 Å². The molecule has 0 aromatic heterocycles. The molecule has 0 aliphatic carbocycles. The third kappa shape index (κ3) is 3.70. The maximum Gasteiger partial charge on any atom is 0.269 e. The molecule has 21 heavy (non-hydrogen) atoms. The van der Waals surface area contributed by atoms with E-state index in [1.807, 2.05) is 6.07 Å². The van der Waals surface area contributed by atoms with Crippen molar-refractivity contribution in [2.75, 3.05) is 7.11 Å². The summed E-state index contributed by atoms with van der Waals surface area (Å²) in [5.74, 6) is 1.04. The molecule has 2 rings (SSSR count). The largest absolute Gasteiger partial charge is 0.497 e. The molecule has 0 fully saturated rings. The Morgan fingerprint density at radius 3 is 2.43 bits per heavy atom. The molecular weight excluding hydrogens is 272 g/mol. The topological polar surface area (TPSA) is 85.4 Å². The summed E-state index contributed by atoms with van der Waals surface area (Å²) < 4.78 is 10.7. The first kappa shape index (κ1) is 14.3. The van der Waals surface area contributed by atoms with Crippen LogP contribution in [0.25, 0.3) is 0 Å². The Hall–Kier alpha value is -3.07. The first-order valence-electron chi connectivity index (χ1n) is 6.07. The number of non-ortho nitro benzene ring substituents is 1. The standard InChI is InChI=1S/C15H12N2O4/c1-20-14-6-12(9-16)7-15(8-14)21-10-11-2-4-13(5-3-11)17(18)19/h2-8H,10H2,1H3. The predicted molar refractivity (Wildman–Crippen MR) is 75.1 cm³/mol. The number of methoxy groups -OCH3 is 1. The second-order valence-corrected chi connectivity index (χ2v) is 4.22. The van der Waals surface area contributed by atoms with Gasteiger partial charge in [-0.05, 0) is 29.8 Å². The van der Waals surface area contributed by atoms with Crippen molar-refractivity contribution >= 4 is 5.69 Å². The van der Waals surface area contributed by atoms with E-state index < -0.39 is 4.92 Å². The fourth-order valence-corrected chi connectivity index (χ4v) is 1.72. The smallest absolute Gasteiger partial charge is 0.269 e. The van der Waals surface area contributed by atoms with Crippen molar-refractivity contribution in [3.63, 3.8) is 0 Å². The predicted octanol–water partition coefficient (Wildman–Crippen LogP) is 3.05. The molecule has 0 unspecified atom stereocenters. The summed E-state index contributed by atoms with van der Waals surface area (Å²) in [6.07, 6.45) is 0. The molecular formula is C15H12N2O4. The summed E-state index contributed by atoms with van der Waals surface area (Å²) in [5.41, 5.74) is 1.27. The molecule has 2 aromatic carbocycles. The Kier molecular flexibility index (Phi) is 4.36. The first-order chi connectivity index (χ1) is 10.1. The maximum atomic E-state index is 10.6. The molecule has 0 radical (unpaired) electrons. The van der Waals surface area contributed by atoms with Crippen LogP contribution < -0.4 is 9.47 Å². The SMILES string of the molecule is COc1cc(C#N)cc(OCc2ccc([N+](=O)[O-])cc2)c1. The van der Waals surface area contributed by atoms with Gasteiger partial charge in [0, 0.05) is 18.2 Å². The number of ether oxygens (including phenoxy) is 2. The summed E-state index contributed by atoms with van der Waals surface area (Å²) in [6, 6.07) is 13.0. The van der Waals surface area contributed by atoms with Gasteiger partial charge in [0.2, 0.25) is 0 Å². The Balaban J connectivity index is 2.09. The first-order valence-corrected chi connectivity index (χ1v) is 6.07. The third-order valence-electron chi connectivity index (χ3n) is 2.80. The van der Waals surface area contributed by atoms with Gasteiger partial charge in [-0.2, -0.15) is 5.26 Å². The molecule has 6 heteroatoms. The number of nitro benzene ring substituents is 1. The van der Waals surface area contributed by atoms with Crippen LogP contribution >= 0.6 is 0 Å². The van der Waals surface area contributed by atoms with Crippen LogP contribution in [-0.2, 0) is 6.61 Å². The molecule has 2 aromatic rings. The lowest BCUT2D eigenvalue weighted by molar-refractivity contribution is -0.384. The molecule has 0 aliphatic heterocycles. The second kappa shape index (κ2) is 6.39. The average Bonchev–Trinajstić information content (AvgIpc) is 2.52. The molecule has 0 saturated carbocycles. The number of rotatable bonds is 5. The zero-order valence-corrected chi connectivity index (χ0v) is 11.3. The Morgan fingerprint density at radius 1 is 1.19 bits per heavy atom. The summed E-state index contributed by atoms with van der Waals surface area (Å²) in [5, 5.41) is 19.5. The van der Waals surface area contributed by atoms with Gasteiger partial charge in [0.25, 0.3) is 5.69 Å². The number of hydrogen-bond donors (Lipinski definition) is 0. The second-order valence-electron chi connectivity index (χ2n) is 4.22. The average molecular weight is 284 g/mol. The van der Waals surface area contributed by atoms with Crippen LogP contribution in [0.3, 0.4) is 0 Å². The van der Waals surface area contributed by atoms with Crippen LogP contribution in [0.1, 0.15) is 11.1 Å². The van der Waals surface area contributed by atoms with Crippen molar-refractivity contribution in [1.29, 1.82) is 5.26 Å². The number of nitriles is 1. The fraction of sp³-hybridized carbons (Fsp3) is 0.133. The Morgan fingerprint density at radius 2 is 1.86 bits per heavy atom. The molecule has 0 heterocycles. The van der Waals surface area contributed by atoms with Gasteiger partial charge < -0.3 is 9.47 Å². The monoisotopic (exact) mass is 284 g/mol. The van der Waals surface area contributed by atoms with Gasteiger partial charge in [-0.1, -0.05) is 0 Å². The van der Waals surface area contributed by atoms with Crippen LogP contribution in [0.2, 0.25) is 0 Å². The highest BCUT2D eigenvalue weighted by Gasteiger charge is 2.05. The number of hydrogen-bond acceptors (Lipinski definition) is 5. The van der Waals surface area contributed by atoms with Gasteiger partial charge in [0.05, 0.1) is 23.7 Å². The zero-order valence-electron chi connectivity index (χ0n) is 11.3. The van der Waals surface area contributed by atoms with Crippen molar-refractivity contribution in [2.45, 2.75) is 6.61 Å². The van der Waals surface area contributed by atoms with E-state index in [9.17, 15) is 10.1 Å². The highest BCUT2D eigenvalue weighted by Crippen LogP contribution is 2.23. The Bertz CT molecular complexity index is 690. The van der Waals surface area contributed by atoms with E-state index in [2.05, 4.69) is 0 Å². The minimum atomic E-state index is -0.452. The van der Waals surface area contributed by atoms with Crippen molar-refractivity contribution < 1.29 is 14.4 Å². The quantitative estimate of drug-likeness (QED) is 0.622. The van der Waals surface area contributed by atoms with Gasteiger partial charge >= 0.3 is 0 Å². The van der Waals surface area contributed by atoms with Gasteiger partial charge in [0.15, 0.2) is 0 Å². The van der Waals surface area contributed by atoms with Crippen molar-refractivity contribution in [3.05, 3.63) is 63.7 Å². The lowest BCUT2D eigenvalue weighted by Gasteiger charge is -2.08. The Labute approximate surface area is 121 Å². The van der Waals surface area contributed by atoms with E-state index in [0.29, 0.717) is 17.1 Å². The van der Waals surface area contributed by atoms with Crippen molar-refractivity contribution in [3.8, 4) is 17.6 Å². The van der Waals surface area contributed by atoms with Gasteiger partial charge in [-0.25, -0.2) is 0 Å². The number of nitrogens with zero attached hydrogens (tertiary/aromatic N) is 2. The molecule has 0 atom stereocenters. The lowest BCUT2D eigenvalue weighted by atomic mass is 10.2. The lowest BCUT2D eigenvalue weighted by Crippen LogP contribution is -1.97. The summed E-state index contributed by atoms with van der Waals surface area (Å²) in [6.45, 7) is 0.246. The van der Waals surface area contributed by atoms with Crippen molar-refractivity contribution in [1.82, 2.24) is 0 Å². The highest BCUT2D eigenvalue weighted by atomic mass is 16.6. The molecule has 0 aliphatic rings. The molecule has 0 spiro atoms. The van der Waals surface area contributed by atoms with Crippen molar-refractivity contribution in [2.24, 2.45) is 0 Å². The van der Waals surface area contributed by atoms with Gasteiger partial charge in [-0.15, -0.1) is 0 Å². The van der Waals surface area contributed by atoms with Crippen LogP contribution in [0.15, 0.2) is 42.5 Å². The van der Waals surface area contributed by atoms with Gasteiger partial charge in [-0.3, -0.25) is 10.1 Å². The van der Waals surface area contributed by atoms with Crippen LogP contribution in [-0.4, -0.2) is 12.0 Å². The van der Waals surface area contributed by atoms with Gasteiger partial charge in [0.1, 0.15) is 18.1 Å². The summed E-state index contributed by atoms with van der Waals surface area (Å²) in [7, 11) is 1.51. The summed E-state index contributed by atoms with van der Waals surface area (Å²) in [4.78, 5) is 10.1. The van der Waals surface area contributed by atoms with Crippen LogP contribution in [0.4, 0.5) is 5.69 Å². The minimum Gasteiger partial charge on any atom is -0.497 e. The van der Waals surface area contributed by atoms with E-state index in [4.69, 9.17) is 14.7 Å². The minimum absolute atomic E-state index is 0.0342. The van der Waals surface area contributed by atoms with E-state index in [-0.39, 0.29) is 12.3 Å². The number of benzene rings is 2. The molecule has 0 saturated heterocycles. The van der Waals surface area contributed by atoms with E-state index in [1.54, 1.807) is 30.3 Å². The molecule has 0 N–H and O–H groups in total. The summed E-state index contributed by atoms with van der Waals surface area (Å²) >= 11 is 0. The highest BCUT2D eigenvalue weighted by molar-refractivity contribution is 5.44. The fourth-order valence-electron chi connectivity index (χ4n) is 1.72. The molecule has 0 bridgehead atoms. The normalized spacial score (nSPS) is 9.71. The number of nitro groups is 1. The zero-order chi connectivity index (χ0) is 15.2. The maximum absolute atomic E-state index is 10.6. The molecule has 0 amide bonds. The molecule has 106 valence electrons. The van der Waals surface area contributed by atoms with Crippen LogP contribution in [0, 0.1) is 21.4 Å². The third-order valence-corrected chi connectivity index (χ3v) is 2.80. The van der Waals surface area contributed by atoms with E-state index >= 15 is 0 Å². The molecule has 6 nitrogen and oxygen atoms in total.